The van der Waals surface area contributed by atoms with Gasteiger partial charge in [-0.05, 0) is 18.9 Å². The highest BCUT2D eigenvalue weighted by molar-refractivity contribution is 5.76. The maximum absolute atomic E-state index is 10.8. The summed E-state index contributed by atoms with van der Waals surface area (Å²) in [5.41, 5.74) is 5.12. The molecule has 1 unspecified atom stereocenters. The summed E-state index contributed by atoms with van der Waals surface area (Å²) in [6.07, 6.45) is 0.930. The standard InChI is InChI=1S/C11H22N2O3/c1-8(2)4-5-13(7-10(12)14)6-9(3)11(15)16/h8-9H,4-7H2,1-3H3,(H2,12,14)(H,15,16). The van der Waals surface area contributed by atoms with Gasteiger partial charge < -0.3 is 10.8 Å². The van der Waals surface area contributed by atoms with Crippen LogP contribution in [-0.2, 0) is 9.59 Å². The molecule has 0 aliphatic rings. The molecule has 0 saturated carbocycles. The number of carboxylic acid groups (broad SMARTS) is 1. The van der Waals surface area contributed by atoms with E-state index in [0.717, 1.165) is 6.42 Å². The Bertz CT molecular complexity index is 241. The van der Waals surface area contributed by atoms with E-state index in [1.165, 1.54) is 0 Å². The lowest BCUT2D eigenvalue weighted by molar-refractivity contribution is -0.142. The molecule has 0 rings (SSSR count). The molecule has 0 aliphatic carbocycles. The molecule has 5 nitrogen and oxygen atoms in total. The summed E-state index contributed by atoms with van der Waals surface area (Å²) in [5.74, 6) is -1.22. The molecule has 16 heavy (non-hydrogen) atoms. The normalized spacial score (nSPS) is 13.1. The van der Waals surface area contributed by atoms with Crippen LogP contribution in [0.2, 0.25) is 0 Å². The van der Waals surface area contributed by atoms with Gasteiger partial charge in [0.2, 0.25) is 5.91 Å². The number of nitrogens with zero attached hydrogens (tertiary/aromatic N) is 1. The zero-order valence-electron chi connectivity index (χ0n) is 10.3. The minimum absolute atomic E-state index is 0.129. The number of amides is 1. The Morgan fingerprint density at radius 1 is 1.31 bits per heavy atom. The number of aliphatic carboxylic acids is 1. The van der Waals surface area contributed by atoms with Crippen LogP contribution in [0.15, 0.2) is 0 Å². The second-order valence-corrected chi connectivity index (χ2v) is 4.62. The highest BCUT2D eigenvalue weighted by atomic mass is 16.4. The van der Waals surface area contributed by atoms with Crippen LogP contribution in [0.5, 0.6) is 0 Å². The molecular formula is C11H22N2O3. The van der Waals surface area contributed by atoms with E-state index in [1.54, 1.807) is 11.8 Å². The first-order valence-corrected chi connectivity index (χ1v) is 5.56. The largest absolute Gasteiger partial charge is 0.481 e. The summed E-state index contributed by atoms with van der Waals surface area (Å²) >= 11 is 0. The third-order valence-electron chi connectivity index (χ3n) is 2.36. The molecule has 0 aromatic rings. The van der Waals surface area contributed by atoms with Crippen LogP contribution in [0, 0.1) is 11.8 Å². The molecule has 0 bridgehead atoms. The minimum Gasteiger partial charge on any atom is -0.481 e. The van der Waals surface area contributed by atoms with Crippen LogP contribution in [0.1, 0.15) is 27.2 Å². The molecule has 0 heterocycles. The molecular weight excluding hydrogens is 208 g/mol. The number of rotatable bonds is 8. The summed E-state index contributed by atoms with van der Waals surface area (Å²) in [5, 5.41) is 8.80. The molecule has 1 atom stereocenters. The fraction of sp³-hybridized carbons (Fsp3) is 0.818. The van der Waals surface area contributed by atoms with Gasteiger partial charge in [0.15, 0.2) is 0 Å². The molecule has 5 heteroatoms. The molecule has 0 aromatic carbocycles. The van der Waals surface area contributed by atoms with Gasteiger partial charge in [-0.15, -0.1) is 0 Å². The van der Waals surface area contributed by atoms with Crippen molar-refractivity contribution in [3.63, 3.8) is 0 Å². The fourth-order valence-electron chi connectivity index (χ4n) is 1.36. The summed E-state index contributed by atoms with van der Waals surface area (Å²) in [6.45, 7) is 7.01. The Kier molecular flexibility index (Phi) is 6.72. The average Bonchev–Trinajstić information content (AvgIpc) is 2.12. The van der Waals surface area contributed by atoms with Crippen LogP contribution in [0.3, 0.4) is 0 Å². The van der Waals surface area contributed by atoms with E-state index in [9.17, 15) is 9.59 Å². The third kappa shape index (κ3) is 7.23. The monoisotopic (exact) mass is 230 g/mol. The Balaban J connectivity index is 4.19. The first kappa shape index (κ1) is 14.9. The number of nitrogens with two attached hydrogens (primary N) is 1. The zero-order chi connectivity index (χ0) is 12.7. The minimum atomic E-state index is -0.848. The molecule has 0 spiro atoms. The summed E-state index contributed by atoms with van der Waals surface area (Å²) in [6, 6.07) is 0. The van der Waals surface area contributed by atoms with E-state index in [2.05, 4.69) is 13.8 Å². The molecule has 0 aliphatic heterocycles. The van der Waals surface area contributed by atoms with Crippen molar-refractivity contribution in [1.82, 2.24) is 4.90 Å². The number of primary amides is 1. The molecule has 0 aromatic heterocycles. The number of hydrogen-bond donors (Lipinski definition) is 2. The lowest BCUT2D eigenvalue weighted by atomic mass is 10.1. The van der Waals surface area contributed by atoms with Gasteiger partial charge in [-0.1, -0.05) is 20.8 Å². The second-order valence-electron chi connectivity index (χ2n) is 4.62. The van der Waals surface area contributed by atoms with Gasteiger partial charge >= 0.3 is 5.97 Å². The summed E-state index contributed by atoms with van der Waals surface area (Å²) in [7, 11) is 0. The highest BCUT2D eigenvalue weighted by Crippen LogP contribution is 2.05. The highest BCUT2D eigenvalue weighted by Gasteiger charge is 2.17. The number of carboxylic acids is 1. The van der Waals surface area contributed by atoms with E-state index in [-0.39, 0.29) is 6.54 Å². The van der Waals surface area contributed by atoms with Crippen molar-refractivity contribution in [1.29, 1.82) is 0 Å². The Morgan fingerprint density at radius 3 is 2.25 bits per heavy atom. The van der Waals surface area contributed by atoms with Gasteiger partial charge in [0, 0.05) is 6.54 Å². The first-order chi connectivity index (χ1) is 7.32. The Morgan fingerprint density at radius 2 is 1.88 bits per heavy atom. The van der Waals surface area contributed by atoms with Gasteiger partial charge in [-0.2, -0.15) is 0 Å². The predicted octanol–water partition coefficient (Wildman–Crippen LogP) is 0.541. The molecule has 0 saturated heterocycles. The van der Waals surface area contributed by atoms with Crippen LogP contribution >= 0.6 is 0 Å². The molecule has 0 fully saturated rings. The van der Waals surface area contributed by atoms with Gasteiger partial charge in [0.25, 0.3) is 0 Å². The van der Waals surface area contributed by atoms with E-state index < -0.39 is 17.8 Å². The topological polar surface area (TPSA) is 83.6 Å². The van der Waals surface area contributed by atoms with Gasteiger partial charge in [0.05, 0.1) is 12.5 Å². The Hall–Kier alpha value is -1.10. The van der Waals surface area contributed by atoms with Crippen LogP contribution in [-0.4, -0.2) is 41.5 Å². The SMILES string of the molecule is CC(C)CCN(CC(N)=O)CC(C)C(=O)O. The quantitative estimate of drug-likeness (QED) is 0.637. The van der Waals surface area contributed by atoms with Gasteiger partial charge in [0.1, 0.15) is 0 Å². The van der Waals surface area contributed by atoms with Gasteiger partial charge in [-0.3, -0.25) is 14.5 Å². The summed E-state index contributed by atoms with van der Waals surface area (Å²) in [4.78, 5) is 23.4. The lowest BCUT2D eigenvalue weighted by Crippen LogP contribution is -2.39. The number of carbonyl (C=O) groups excluding carboxylic acids is 1. The van der Waals surface area contributed by atoms with Crippen molar-refractivity contribution in [3.8, 4) is 0 Å². The van der Waals surface area contributed by atoms with Crippen molar-refractivity contribution in [2.45, 2.75) is 27.2 Å². The van der Waals surface area contributed by atoms with Crippen molar-refractivity contribution in [3.05, 3.63) is 0 Å². The number of hydrogen-bond acceptors (Lipinski definition) is 3. The average molecular weight is 230 g/mol. The van der Waals surface area contributed by atoms with Crippen molar-refractivity contribution >= 4 is 11.9 Å². The van der Waals surface area contributed by atoms with Crippen LogP contribution in [0.25, 0.3) is 0 Å². The molecule has 94 valence electrons. The second kappa shape index (κ2) is 7.22. The third-order valence-corrected chi connectivity index (χ3v) is 2.36. The fourth-order valence-corrected chi connectivity index (χ4v) is 1.36. The zero-order valence-corrected chi connectivity index (χ0v) is 10.3. The van der Waals surface area contributed by atoms with E-state index in [0.29, 0.717) is 19.0 Å². The van der Waals surface area contributed by atoms with E-state index >= 15 is 0 Å². The van der Waals surface area contributed by atoms with Crippen molar-refractivity contribution in [2.75, 3.05) is 19.6 Å². The van der Waals surface area contributed by atoms with Crippen LogP contribution in [0.4, 0.5) is 0 Å². The lowest BCUT2D eigenvalue weighted by Gasteiger charge is -2.23. The molecule has 1 amide bonds. The smallest absolute Gasteiger partial charge is 0.307 e. The first-order valence-electron chi connectivity index (χ1n) is 5.56. The van der Waals surface area contributed by atoms with Crippen molar-refractivity contribution in [2.24, 2.45) is 17.6 Å². The van der Waals surface area contributed by atoms with E-state index in [1.807, 2.05) is 0 Å². The van der Waals surface area contributed by atoms with Gasteiger partial charge in [-0.25, -0.2) is 0 Å². The number of carbonyl (C=O) groups is 2. The van der Waals surface area contributed by atoms with Crippen LogP contribution < -0.4 is 5.73 Å². The Labute approximate surface area is 96.6 Å². The summed E-state index contributed by atoms with van der Waals surface area (Å²) < 4.78 is 0. The maximum atomic E-state index is 10.8. The maximum Gasteiger partial charge on any atom is 0.307 e. The van der Waals surface area contributed by atoms with E-state index in [4.69, 9.17) is 10.8 Å². The molecule has 0 radical (unpaired) electrons. The van der Waals surface area contributed by atoms with Crippen molar-refractivity contribution < 1.29 is 14.7 Å². The predicted molar refractivity (Wildman–Crippen MR) is 61.9 cm³/mol. The molecule has 3 N–H and O–H groups in total.